The molecule has 0 amide bonds. The molecule has 8 aromatic rings. The SMILES string of the molecule is Cc1cc(N(c2cccc(Cl)c2)c2cccc3oc4ccccc4c23)cc(-n2c3c(c4ccccc42)C(C)(C)c2ccccc2-3)c1. The van der Waals surface area contributed by atoms with Crippen molar-refractivity contribution in [2.45, 2.75) is 26.2 Å². The average molecular weight is 615 g/mol. The van der Waals surface area contributed by atoms with Gasteiger partial charge in [0.05, 0.1) is 22.3 Å². The highest BCUT2D eigenvalue weighted by atomic mass is 35.5. The Balaban J connectivity index is 1.35. The number of hydrogen-bond donors (Lipinski definition) is 0. The van der Waals surface area contributed by atoms with Crippen LogP contribution in [0.15, 0.2) is 138 Å². The van der Waals surface area contributed by atoms with Crippen molar-refractivity contribution in [3.63, 3.8) is 0 Å². The summed E-state index contributed by atoms with van der Waals surface area (Å²) in [6, 6.07) is 47.2. The molecule has 222 valence electrons. The van der Waals surface area contributed by atoms with E-state index in [1.165, 1.54) is 38.9 Å². The molecule has 1 aliphatic carbocycles. The number of hydrogen-bond acceptors (Lipinski definition) is 2. The summed E-state index contributed by atoms with van der Waals surface area (Å²) in [5.41, 5.74) is 13.5. The third-order valence-corrected chi connectivity index (χ3v) is 9.84. The summed E-state index contributed by atoms with van der Waals surface area (Å²) in [7, 11) is 0. The van der Waals surface area contributed by atoms with E-state index in [1.807, 2.05) is 36.4 Å². The first-order chi connectivity index (χ1) is 22.4. The van der Waals surface area contributed by atoms with E-state index < -0.39 is 0 Å². The summed E-state index contributed by atoms with van der Waals surface area (Å²) in [6.07, 6.45) is 0. The monoisotopic (exact) mass is 614 g/mol. The fourth-order valence-electron chi connectivity index (χ4n) is 7.75. The lowest BCUT2D eigenvalue weighted by molar-refractivity contribution is 0.666. The van der Waals surface area contributed by atoms with Crippen LogP contribution >= 0.6 is 11.6 Å². The van der Waals surface area contributed by atoms with Gasteiger partial charge in [0, 0.05) is 43.8 Å². The minimum atomic E-state index is -0.117. The minimum absolute atomic E-state index is 0.117. The van der Waals surface area contributed by atoms with Crippen LogP contribution in [0.3, 0.4) is 0 Å². The zero-order valence-corrected chi connectivity index (χ0v) is 26.6. The molecule has 0 spiro atoms. The number of aryl methyl sites for hydroxylation is 1. The molecule has 2 aromatic heterocycles. The van der Waals surface area contributed by atoms with Gasteiger partial charge in [-0.2, -0.15) is 0 Å². The zero-order chi connectivity index (χ0) is 31.2. The molecule has 3 nitrogen and oxygen atoms in total. The molecule has 0 fully saturated rings. The van der Waals surface area contributed by atoms with Gasteiger partial charge in [-0.25, -0.2) is 0 Å². The third kappa shape index (κ3) is 3.85. The highest BCUT2D eigenvalue weighted by molar-refractivity contribution is 6.31. The Labute approximate surface area is 272 Å². The average Bonchev–Trinajstić information content (AvgIpc) is 3.68. The maximum absolute atomic E-state index is 6.65. The Kier molecular flexibility index (Phi) is 5.82. The van der Waals surface area contributed by atoms with Gasteiger partial charge in [-0.05, 0) is 84.3 Å². The van der Waals surface area contributed by atoms with E-state index >= 15 is 0 Å². The molecule has 0 atom stereocenters. The smallest absolute Gasteiger partial charge is 0.137 e. The molecule has 1 aliphatic rings. The number of para-hydroxylation sites is 2. The summed E-state index contributed by atoms with van der Waals surface area (Å²) >= 11 is 6.65. The molecule has 0 bridgehead atoms. The van der Waals surface area contributed by atoms with Gasteiger partial charge >= 0.3 is 0 Å². The van der Waals surface area contributed by atoms with Crippen LogP contribution in [0.1, 0.15) is 30.5 Å². The van der Waals surface area contributed by atoms with Crippen LogP contribution < -0.4 is 4.90 Å². The van der Waals surface area contributed by atoms with E-state index in [-0.39, 0.29) is 5.41 Å². The van der Waals surface area contributed by atoms with Crippen LogP contribution in [0, 0.1) is 6.92 Å². The normalized spacial score (nSPS) is 13.4. The van der Waals surface area contributed by atoms with Crippen molar-refractivity contribution in [3.05, 3.63) is 155 Å². The van der Waals surface area contributed by atoms with E-state index in [2.05, 4.69) is 127 Å². The van der Waals surface area contributed by atoms with Gasteiger partial charge in [0.15, 0.2) is 0 Å². The first kappa shape index (κ1) is 27.1. The van der Waals surface area contributed by atoms with Gasteiger partial charge in [0.2, 0.25) is 0 Å². The molecule has 2 heterocycles. The first-order valence-corrected chi connectivity index (χ1v) is 16.1. The van der Waals surface area contributed by atoms with Crippen molar-refractivity contribution < 1.29 is 4.42 Å². The van der Waals surface area contributed by atoms with Crippen LogP contribution in [0.4, 0.5) is 17.1 Å². The highest BCUT2D eigenvalue weighted by Crippen LogP contribution is 2.54. The largest absolute Gasteiger partial charge is 0.456 e. The Morgan fingerprint density at radius 1 is 0.674 bits per heavy atom. The lowest BCUT2D eigenvalue weighted by Crippen LogP contribution is -2.14. The second kappa shape index (κ2) is 9.87. The molecule has 0 saturated carbocycles. The molecule has 0 aliphatic heterocycles. The van der Waals surface area contributed by atoms with Gasteiger partial charge in [-0.3, -0.25) is 0 Å². The van der Waals surface area contributed by atoms with Crippen molar-refractivity contribution in [1.82, 2.24) is 4.57 Å². The second-order valence-electron chi connectivity index (χ2n) is 12.8. The quantitative estimate of drug-likeness (QED) is 0.197. The van der Waals surface area contributed by atoms with E-state index in [4.69, 9.17) is 16.0 Å². The predicted molar refractivity (Wildman–Crippen MR) is 193 cm³/mol. The van der Waals surface area contributed by atoms with Crippen molar-refractivity contribution in [3.8, 4) is 16.9 Å². The van der Waals surface area contributed by atoms with Crippen molar-refractivity contribution in [1.29, 1.82) is 0 Å². The number of fused-ring (bicyclic) bond motifs is 8. The fraction of sp³-hybridized carbons (Fsp3) is 0.0952. The number of furan rings is 1. The predicted octanol–water partition coefficient (Wildman–Crippen LogP) is 12.3. The number of rotatable bonds is 4. The summed E-state index contributed by atoms with van der Waals surface area (Å²) < 4.78 is 8.81. The third-order valence-electron chi connectivity index (χ3n) is 9.61. The first-order valence-electron chi connectivity index (χ1n) is 15.7. The van der Waals surface area contributed by atoms with Crippen LogP contribution in [0.25, 0.3) is 49.8 Å². The Hall–Kier alpha value is -5.25. The Morgan fingerprint density at radius 2 is 1.41 bits per heavy atom. The topological polar surface area (TPSA) is 21.3 Å². The molecule has 0 unspecified atom stereocenters. The molecule has 4 heteroatoms. The molecular formula is C42H31ClN2O. The van der Waals surface area contributed by atoms with Gasteiger partial charge in [0.1, 0.15) is 11.2 Å². The van der Waals surface area contributed by atoms with Crippen molar-refractivity contribution in [2.75, 3.05) is 4.90 Å². The van der Waals surface area contributed by atoms with Crippen LogP contribution in [-0.2, 0) is 5.41 Å². The summed E-state index contributed by atoms with van der Waals surface area (Å²) in [5, 5.41) is 4.14. The van der Waals surface area contributed by atoms with Crippen molar-refractivity contribution in [2.24, 2.45) is 0 Å². The van der Waals surface area contributed by atoms with Crippen molar-refractivity contribution >= 4 is 61.5 Å². The Morgan fingerprint density at radius 3 is 2.28 bits per heavy atom. The molecule has 0 radical (unpaired) electrons. The maximum Gasteiger partial charge on any atom is 0.137 e. The minimum Gasteiger partial charge on any atom is -0.456 e. The zero-order valence-electron chi connectivity index (χ0n) is 25.9. The highest BCUT2D eigenvalue weighted by Gasteiger charge is 2.40. The molecule has 0 saturated heterocycles. The number of nitrogens with zero attached hydrogens (tertiary/aromatic N) is 2. The standard InChI is InChI=1S/C42H31ClN2O/c1-26-22-29(44(28-13-10-12-27(43)24-28)36-19-11-21-38-39(36)33-16-6-9-20-37(33)46-38)25-30(23-26)45-35-18-8-5-15-32(35)40-41(45)31-14-4-7-17-34(31)42(40,2)3/h4-25H,1-3H3. The van der Waals surface area contributed by atoms with Crippen LogP contribution in [-0.4, -0.2) is 4.57 Å². The van der Waals surface area contributed by atoms with Gasteiger partial charge in [-0.1, -0.05) is 98.2 Å². The lowest BCUT2D eigenvalue weighted by Gasteiger charge is -2.27. The second-order valence-corrected chi connectivity index (χ2v) is 13.3. The van der Waals surface area contributed by atoms with E-state index in [9.17, 15) is 0 Å². The van der Waals surface area contributed by atoms with E-state index in [0.29, 0.717) is 5.02 Å². The Bertz CT molecular complexity index is 2500. The van der Waals surface area contributed by atoms with Crippen LogP contribution in [0.5, 0.6) is 0 Å². The number of anilines is 3. The molecule has 0 N–H and O–H groups in total. The summed E-state index contributed by atoms with van der Waals surface area (Å²) in [5.74, 6) is 0. The number of halogens is 1. The van der Waals surface area contributed by atoms with Crippen LogP contribution in [0.2, 0.25) is 5.02 Å². The summed E-state index contributed by atoms with van der Waals surface area (Å²) in [4.78, 5) is 2.32. The van der Waals surface area contributed by atoms with Gasteiger partial charge in [-0.15, -0.1) is 0 Å². The molecular weight excluding hydrogens is 584 g/mol. The molecule has 46 heavy (non-hydrogen) atoms. The molecule has 6 aromatic carbocycles. The van der Waals surface area contributed by atoms with Gasteiger partial charge in [0.25, 0.3) is 0 Å². The fourth-order valence-corrected chi connectivity index (χ4v) is 7.94. The van der Waals surface area contributed by atoms with Gasteiger partial charge < -0.3 is 13.9 Å². The van der Waals surface area contributed by atoms with E-state index in [1.54, 1.807) is 0 Å². The van der Waals surface area contributed by atoms with E-state index in [0.717, 1.165) is 44.7 Å². The number of aromatic nitrogens is 1. The lowest BCUT2D eigenvalue weighted by atomic mass is 9.81. The molecule has 9 rings (SSSR count). The maximum atomic E-state index is 6.65. The number of benzene rings is 6. The summed E-state index contributed by atoms with van der Waals surface area (Å²) in [6.45, 7) is 6.89.